The van der Waals surface area contributed by atoms with E-state index in [0.717, 1.165) is 16.9 Å². The van der Waals surface area contributed by atoms with Crippen LogP contribution in [-0.4, -0.2) is 11.1 Å². The molecule has 1 atom stereocenters. The zero-order chi connectivity index (χ0) is 12.4. The largest absolute Gasteiger partial charge is 0.490 e. The van der Waals surface area contributed by atoms with E-state index in [1.54, 1.807) is 12.4 Å². The number of benzene rings is 1. The number of ether oxygens (including phenoxy) is 1. The van der Waals surface area contributed by atoms with Crippen molar-refractivity contribution < 1.29 is 4.74 Å². The number of aromatic nitrogens is 1. The number of hydrogen-bond acceptors (Lipinski definition) is 3. The molecule has 3 rings (SSSR count). The van der Waals surface area contributed by atoms with E-state index in [9.17, 15) is 0 Å². The average Bonchev–Trinajstić information content (AvgIpc) is 3.23. The van der Waals surface area contributed by atoms with Gasteiger partial charge >= 0.3 is 0 Å². The first-order chi connectivity index (χ1) is 8.83. The first kappa shape index (κ1) is 11.2. The Bertz CT molecular complexity index is 523. The predicted molar refractivity (Wildman–Crippen MR) is 70.4 cm³/mol. The minimum absolute atomic E-state index is 0.151. The summed E-state index contributed by atoms with van der Waals surface area (Å²) in [6.45, 7) is 0. The van der Waals surface area contributed by atoms with E-state index in [4.69, 9.17) is 10.5 Å². The first-order valence-electron chi connectivity index (χ1n) is 6.25. The molecule has 1 aliphatic rings. The normalized spacial score (nSPS) is 16.3. The number of rotatable bonds is 4. The molecule has 0 aliphatic heterocycles. The van der Waals surface area contributed by atoms with Crippen molar-refractivity contribution in [1.29, 1.82) is 0 Å². The van der Waals surface area contributed by atoms with E-state index in [2.05, 4.69) is 4.98 Å². The van der Waals surface area contributed by atoms with Gasteiger partial charge in [0, 0.05) is 12.4 Å². The summed E-state index contributed by atoms with van der Waals surface area (Å²) in [5.41, 5.74) is 8.31. The molecule has 18 heavy (non-hydrogen) atoms. The number of nitrogens with two attached hydrogens (primary N) is 1. The molecule has 0 spiro atoms. The van der Waals surface area contributed by atoms with Crippen molar-refractivity contribution in [1.82, 2.24) is 4.98 Å². The molecular weight excluding hydrogens is 224 g/mol. The Morgan fingerprint density at radius 1 is 1.17 bits per heavy atom. The summed E-state index contributed by atoms with van der Waals surface area (Å²) in [4.78, 5) is 4.10. The summed E-state index contributed by atoms with van der Waals surface area (Å²) in [5.74, 6) is 0.911. The second-order valence-electron chi connectivity index (χ2n) is 4.65. The van der Waals surface area contributed by atoms with Crippen LogP contribution >= 0.6 is 0 Å². The van der Waals surface area contributed by atoms with Gasteiger partial charge in [-0.2, -0.15) is 0 Å². The fraction of sp³-hybridized carbons (Fsp3) is 0.267. The van der Waals surface area contributed by atoms with Crippen LogP contribution < -0.4 is 10.5 Å². The molecule has 0 saturated heterocycles. The van der Waals surface area contributed by atoms with E-state index in [-0.39, 0.29) is 6.04 Å². The van der Waals surface area contributed by atoms with Crippen LogP contribution in [0.1, 0.15) is 30.0 Å². The van der Waals surface area contributed by atoms with Crippen LogP contribution in [-0.2, 0) is 0 Å². The number of hydrogen-bond donors (Lipinski definition) is 1. The molecule has 1 aromatic heterocycles. The third-order valence-electron chi connectivity index (χ3n) is 3.09. The second kappa shape index (κ2) is 4.78. The lowest BCUT2D eigenvalue weighted by Gasteiger charge is -2.13. The van der Waals surface area contributed by atoms with Crippen molar-refractivity contribution in [2.75, 3.05) is 0 Å². The molecule has 0 bridgehead atoms. The summed E-state index contributed by atoms with van der Waals surface area (Å²) in [7, 11) is 0. The molecule has 92 valence electrons. The molecule has 2 aromatic rings. The van der Waals surface area contributed by atoms with Gasteiger partial charge in [-0.25, -0.2) is 0 Å². The molecule has 1 unspecified atom stereocenters. The van der Waals surface area contributed by atoms with Crippen molar-refractivity contribution >= 4 is 0 Å². The third-order valence-corrected chi connectivity index (χ3v) is 3.09. The first-order valence-corrected chi connectivity index (χ1v) is 6.25. The maximum absolute atomic E-state index is 6.24. The summed E-state index contributed by atoms with van der Waals surface area (Å²) in [6, 6.07) is 11.8. The van der Waals surface area contributed by atoms with Gasteiger partial charge in [0.15, 0.2) is 0 Å². The van der Waals surface area contributed by atoms with Crippen LogP contribution in [0.4, 0.5) is 0 Å². The molecule has 1 fully saturated rings. The second-order valence-corrected chi connectivity index (χ2v) is 4.65. The highest BCUT2D eigenvalue weighted by molar-refractivity contribution is 5.35. The monoisotopic (exact) mass is 240 g/mol. The molecule has 3 heteroatoms. The van der Waals surface area contributed by atoms with E-state index >= 15 is 0 Å². The Balaban J connectivity index is 1.82. The molecule has 2 N–H and O–H groups in total. The van der Waals surface area contributed by atoms with Crippen molar-refractivity contribution in [2.45, 2.75) is 25.0 Å². The van der Waals surface area contributed by atoms with Gasteiger partial charge in [-0.15, -0.1) is 0 Å². The molecule has 0 amide bonds. The Morgan fingerprint density at radius 3 is 2.72 bits per heavy atom. The lowest BCUT2D eigenvalue weighted by atomic mass is 10.0. The maximum atomic E-state index is 6.24. The molecule has 3 nitrogen and oxygen atoms in total. The van der Waals surface area contributed by atoms with E-state index < -0.39 is 0 Å². The van der Waals surface area contributed by atoms with Crippen LogP contribution in [0.2, 0.25) is 0 Å². The van der Waals surface area contributed by atoms with Gasteiger partial charge in [0.05, 0.1) is 12.1 Å². The minimum atomic E-state index is -0.151. The highest BCUT2D eigenvalue weighted by atomic mass is 16.5. The standard InChI is InChI=1S/C15H16N2O/c16-15(12-4-2-8-17-10-12)11-3-1-5-14(9-11)18-13-6-7-13/h1-5,8-10,13,15H,6-7,16H2. The van der Waals surface area contributed by atoms with Crippen LogP contribution in [0.15, 0.2) is 48.8 Å². The van der Waals surface area contributed by atoms with Crippen LogP contribution in [0.5, 0.6) is 5.75 Å². The molecule has 1 aliphatic carbocycles. The van der Waals surface area contributed by atoms with Gasteiger partial charge in [0.2, 0.25) is 0 Å². The fourth-order valence-corrected chi connectivity index (χ4v) is 1.91. The van der Waals surface area contributed by atoms with E-state index in [0.29, 0.717) is 6.10 Å². The third kappa shape index (κ3) is 2.51. The molecular formula is C15H16N2O. The van der Waals surface area contributed by atoms with E-state index in [1.807, 2.05) is 36.4 Å². The SMILES string of the molecule is NC(c1cccnc1)c1cccc(OC2CC2)c1. The summed E-state index contributed by atoms with van der Waals surface area (Å²) in [6.07, 6.45) is 6.30. The van der Waals surface area contributed by atoms with Crippen LogP contribution in [0, 0.1) is 0 Å². The lowest BCUT2D eigenvalue weighted by Crippen LogP contribution is -2.12. The summed E-state index contributed by atoms with van der Waals surface area (Å²) in [5, 5.41) is 0. The predicted octanol–water partition coefficient (Wildman–Crippen LogP) is 2.67. The topological polar surface area (TPSA) is 48.1 Å². The quantitative estimate of drug-likeness (QED) is 0.893. The fourth-order valence-electron chi connectivity index (χ4n) is 1.91. The summed E-state index contributed by atoms with van der Waals surface area (Å²) >= 11 is 0. The van der Waals surface area contributed by atoms with Crippen LogP contribution in [0.3, 0.4) is 0 Å². The van der Waals surface area contributed by atoms with Crippen molar-refractivity contribution in [3.8, 4) is 5.75 Å². The summed E-state index contributed by atoms with van der Waals surface area (Å²) < 4.78 is 5.78. The van der Waals surface area contributed by atoms with Crippen molar-refractivity contribution in [3.63, 3.8) is 0 Å². The zero-order valence-corrected chi connectivity index (χ0v) is 10.1. The van der Waals surface area contributed by atoms with Crippen LogP contribution in [0.25, 0.3) is 0 Å². The maximum Gasteiger partial charge on any atom is 0.120 e. The smallest absolute Gasteiger partial charge is 0.120 e. The van der Waals surface area contributed by atoms with Gasteiger partial charge in [-0.05, 0) is 42.2 Å². The van der Waals surface area contributed by atoms with Gasteiger partial charge in [0.1, 0.15) is 5.75 Å². The molecule has 0 radical (unpaired) electrons. The highest BCUT2D eigenvalue weighted by Gasteiger charge is 2.23. The van der Waals surface area contributed by atoms with Gasteiger partial charge < -0.3 is 10.5 Å². The molecule has 1 aromatic carbocycles. The highest BCUT2D eigenvalue weighted by Crippen LogP contribution is 2.29. The lowest BCUT2D eigenvalue weighted by molar-refractivity contribution is 0.303. The van der Waals surface area contributed by atoms with E-state index in [1.165, 1.54) is 12.8 Å². The van der Waals surface area contributed by atoms with Gasteiger partial charge in [-0.3, -0.25) is 4.98 Å². The van der Waals surface area contributed by atoms with Crippen molar-refractivity contribution in [3.05, 3.63) is 59.9 Å². The Kier molecular flexibility index (Phi) is 2.99. The average molecular weight is 240 g/mol. The minimum Gasteiger partial charge on any atom is -0.490 e. The number of pyridine rings is 1. The van der Waals surface area contributed by atoms with Gasteiger partial charge in [-0.1, -0.05) is 18.2 Å². The van der Waals surface area contributed by atoms with Gasteiger partial charge in [0.25, 0.3) is 0 Å². The molecule has 1 saturated carbocycles. The zero-order valence-electron chi connectivity index (χ0n) is 10.1. The van der Waals surface area contributed by atoms with Crippen molar-refractivity contribution in [2.24, 2.45) is 5.73 Å². The Labute approximate surface area is 107 Å². The molecule has 1 heterocycles. The Hall–Kier alpha value is -1.87. The number of nitrogens with zero attached hydrogens (tertiary/aromatic N) is 1. The Morgan fingerprint density at radius 2 is 2.00 bits per heavy atom.